The van der Waals surface area contributed by atoms with E-state index in [1.165, 1.54) is 72.8 Å². The van der Waals surface area contributed by atoms with E-state index in [2.05, 4.69) is 0 Å². The summed E-state index contributed by atoms with van der Waals surface area (Å²) < 4.78 is 0. The minimum absolute atomic E-state index is 0.130. The molecule has 0 heterocycles. The highest BCUT2D eigenvalue weighted by Gasteiger charge is 1.97. The van der Waals surface area contributed by atoms with Gasteiger partial charge in [-0.05, 0) is 72.8 Å². The number of nitrogens with two attached hydrogens (primary N) is 2. The largest absolute Gasteiger partial charge is 0.508 e. The summed E-state index contributed by atoms with van der Waals surface area (Å²) in [5.74, 6) is -0.374. The van der Waals surface area contributed by atoms with E-state index in [1.807, 2.05) is 0 Å². The monoisotopic (exact) mass is 384 g/mol. The highest BCUT2D eigenvalue weighted by atomic mass is 16.3. The molecule has 3 aromatic carbocycles. The van der Waals surface area contributed by atoms with Crippen molar-refractivity contribution in [1.29, 1.82) is 0 Å². The molecule has 0 aromatic heterocycles. The molecule has 8 N–H and O–H groups in total. The number of phenolic OH excluding ortho intramolecular Hbond substituents is 4. The summed E-state index contributed by atoms with van der Waals surface area (Å²) in [7, 11) is 0. The van der Waals surface area contributed by atoms with Crippen molar-refractivity contribution in [3.8, 4) is 23.0 Å². The molecule has 146 valence electrons. The number of carbonyl (C=O) groups excluding carboxylic acids is 2. The smallest absolute Gasteiger partial charge is 0.248 e. The summed E-state index contributed by atoms with van der Waals surface area (Å²) >= 11 is 0. The molecule has 0 saturated carbocycles. The maximum Gasteiger partial charge on any atom is 0.248 e. The quantitative estimate of drug-likeness (QED) is 0.370. The first-order chi connectivity index (χ1) is 13.2. The van der Waals surface area contributed by atoms with Crippen LogP contribution >= 0.6 is 0 Å². The Morgan fingerprint density at radius 2 is 0.643 bits per heavy atom. The molecule has 0 fully saturated rings. The van der Waals surface area contributed by atoms with Crippen LogP contribution < -0.4 is 11.5 Å². The van der Waals surface area contributed by atoms with Crippen molar-refractivity contribution in [3.63, 3.8) is 0 Å². The average molecular weight is 384 g/mol. The van der Waals surface area contributed by atoms with E-state index >= 15 is 0 Å². The predicted molar refractivity (Wildman–Crippen MR) is 103 cm³/mol. The minimum Gasteiger partial charge on any atom is -0.508 e. The molecule has 2 amide bonds. The maximum atomic E-state index is 10.5. The van der Waals surface area contributed by atoms with Crippen LogP contribution in [0.25, 0.3) is 0 Å². The summed E-state index contributed by atoms with van der Waals surface area (Å²) in [6, 6.07) is 17.3. The molecule has 8 nitrogen and oxygen atoms in total. The lowest BCUT2D eigenvalue weighted by molar-refractivity contribution is 0.0992. The Morgan fingerprint density at radius 3 is 0.821 bits per heavy atom. The van der Waals surface area contributed by atoms with Crippen molar-refractivity contribution in [2.24, 2.45) is 11.5 Å². The van der Waals surface area contributed by atoms with Crippen LogP contribution in [-0.4, -0.2) is 32.2 Å². The second kappa shape index (κ2) is 10.7. The van der Waals surface area contributed by atoms with E-state index in [9.17, 15) is 9.59 Å². The van der Waals surface area contributed by atoms with Gasteiger partial charge in [0.1, 0.15) is 23.0 Å². The van der Waals surface area contributed by atoms with Crippen molar-refractivity contribution >= 4 is 11.8 Å². The second-order valence-corrected chi connectivity index (χ2v) is 5.34. The molecule has 0 unspecified atom stereocenters. The van der Waals surface area contributed by atoms with Gasteiger partial charge in [-0.3, -0.25) is 9.59 Å². The van der Waals surface area contributed by atoms with Crippen LogP contribution in [0, 0.1) is 0 Å². The molecule has 3 aromatic rings. The molecule has 8 heteroatoms. The number of hydrogen-bond acceptors (Lipinski definition) is 6. The Labute approximate surface area is 160 Å². The lowest BCUT2D eigenvalue weighted by Gasteiger charge is -1.93. The van der Waals surface area contributed by atoms with Crippen LogP contribution in [0.15, 0.2) is 72.8 Å². The first-order valence-electron chi connectivity index (χ1n) is 7.84. The molecule has 0 bridgehead atoms. The van der Waals surface area contributed by atoms with Gasteiger partial charge in [0.05, 0.1) is 0 Å². The number of rotatable bonds is 2. The molecule has 28 heavy (non-hydrogen) atoms. The minimum atomic E-state index is -0.486. The van der Waals surface area contributed by atoms with Gasteiger partial charge in [-0.15, -0.1) is 0 Å². The number of amides is 2. The van der Waals surface area contributed by atoms with Gasteiger partial charge in [0.25, 0.3) is 0 Å². The van der Waals surface area contributed by atoms with Gasteiger partial charge in [0, 0.05) is 11.1 Å². The van der Waals surface area contributed by atoms with Crippen molar-refractivity contribution < 1.29 is 30.0 Å². The van der Waals surface area contributed by atoms with Crippen molar-refractivity contribution in [2.45, 2.75) is 0 Å². The van der Waals surface area contributed by atoms with Crippen molar-refractivity contribution in [1.82, 2.24) is 0 Å². The van der Waals surface area contributed by atoms with E-state index in [0.717, 1.165) is 0 Å². The van der Waals surface area contributed by atoms with E-state index in [-0.39, 0.29) is 23.0 Å². The Bertz CT molecular complexity index is 815. The molecule has 3 rings (SSSR count). The Kier molecular flexibility index (Phi) is 8.36. The summed E-state index contributed by atoms with van der Waals surface area (Å²) in [5, 5.41) is 34.9. The van der Waals surface area contributed by atoms with Gasteiger partial charge < -0.3 is 31.9 Å². The molecule has 0 atom stereocenters. The fourth-order valence-corrected chi connectivity index (χ4v) is 1.70. The number of benzene rings is 3. The highest BCUT2D eigenvalue weighted by Crippen LogP contribution is 2.13. The highest BCUT2D eigenvalue weighted by molar-refractivity contribution is 5.93. The topological polar surface area (TPSA) is 167 Å². The third kappa shape index (κ3) is 8.26. The summed E-state index contributed by atoms with van der Waals surface area (Å²) in [6.07, 6.45) is 0. The molecule has 0 saturated heterocycles. The Morgan fingerprint density at radius 1 is 0.464 bits per heavy atom. The fourth-order valence-electron chi connectivity index (χ4n) is 1.70. The van der Waals surface area contributed by atoms with E-state index in [1.54, 1.807) is 0 Å². The first-order valence-corrected chi connectivity index (χ1v) is 7.84. The van der Waals surface area contributed by atoms with Crippen LogP contribution in [0.5, 0.6) is 23.0 Å². The van der Waals surface area contributed by atoms with Crippen LogP contribution in [-0.2, 0) is 0 Å². The fraction of sp³-hybridized carbons (Fsp3) is 0. The standard InChI is InChI=1S/2C7H7NO2.C6H6O2/c2*8-7(10)5-1-3-6(9)4-2-5;7-5-1-2-6(8)4-3-5/h2*1-4,9H,(H2,8,10);1-4,7-8H. The van der Waals surface area contributed by atoms with Crippen LogP contribution in [0.4, 0.5) is 0 Å². The predicted octanol–water partition coefficient (Wildman–Crippen LogP) is 2.08. The lowest BCUT2D eigenvalue weighted by atomic mass is 10.2. The van der Waals surface area contributed by atoms with Crippen LogP contribution in [0.1, 0.15) is 20.7 Å². The third-order valence-electron chi connectivity index (χ3n) is 3.15. The van der Waals surface area contributed by atoms with Gasteiger partial charge in [-0.1, -0.05) is 0 Å². The first kappa shape index (κ1) is 21.8. The summed E-state index contributed by atoms with van der Waals surface area (Å²) in [6.45, 7) is 0. The summed E-state index contributed by atoms with van der Waals surface area (Å²) in [4.78, 5) is 20.9. The maximum absolute atomic E-state index is 10.5. The zero-order chi connectivity index (χ0) is 21.1. The molecule has 0 aliphatic carbocycles. The molecule has 0 radical (unpaired) electrons. The average Bonchev–Trinajstić information content (AvgIpc) is 2.66. The van der Waals surface area contributed by atoms with E-state index < -0.39 is 11.8 Å². The number of hydrogen-bond donors (Lipinski definition) is 6. The third-order valence-corrected chi connectivity index (χ3v) is 3.15. The van der Waals surface area contributed by atoms with Crippen molar-refractivity contribution in [2.75, 3.05) is 0 Å². The van der Waals surface area contributed by atoms with Gasteiger partial charge in [-0.25, -0.2) is 0 Å². The Hall–Kier alpha value is -4.20. The number of carbonyl (C=O) groups is 2. The Balaban J connectivity index is 0.000000212. The molecular formula is C20H20N2O6. The van der Waals surface area contributed by atoms with Gasteiger partial charge in [0.2, 0.25) is 11.8 Å². The molecule has 0 aliphatic heterocycles. The zero-order valence-corrected chi connectivity index (χ0v) is 14.7. The van der Waals surface area contributed by atoms with Gasteiger partial charge in [-0.2, -0.15) is 0 Å². The van der Waals surface area contributed by atoms with Gasteiger partial charge in [0.15, 0.2) is 0 Å². The lowest BCUT2D eigenvalue weighted by Crippen LogP contribution is -2.10. The SMILES string of the molecule is NC(=O)c1ccc(O)cc1.NC(=O)c1ccc(O)cc1.Oc1ccc(O)cc1. The van der Waals surface area contributed by atoms with Gasteiger partial charge >= 0.3 is 0 Å². The number of primary amides is 2. The van der Waals surface area contributed by atoms with Crippen LogP contribution in [0.3, 0.4) is 0 Å². The molecule has 0 spiro atoms. The molecule has 0 aliphatic rings. The summed E-state index contributed by atoms with van der Waals surface area (Å²) in [5.41, 5.74) is 10.7. The van der Waals surface area contributed by atoms with E-state index in [0.29, 0.717) is 11.1 Å². The second-order valence-electron chi connectivity index (χ2n) is 5.34. The zero-order valence-electron chi connectivity index (χ0n) is 14.7. The van der Waals surface area contributed by atoms with E-state index in [4.69, 9.17) is 31.9 Å². The number of aromatic hydroxyl groups is 4. The van der Waals surface area contributed by atoms with Crippen molar-refractivity contribution in [3.05, 3.63) is 83.9 Å². The number of phenols is 4. The molecular weight excluding hydrogens is 364 g/mol. The normalized spacial score (nSPS) is 9.14. The van der Waals surface area contributed by atoms with Crippen LogP contribution in [0.2, 0.25) is 0 Å².